The van der Waals surface area contributed by atoms with Crippen LogP contribution in [0.4, 0.5) is 4.39 Å². The van der Waals surface area contributed by atoms with Gasteiger partial charge in [0.25, 0.3) is 0 Å². The van der Waals surface area contributed by atoms with Crippen LogP contribution in [0.25, 0.3) is 11.0 Å². The van der Waals surface area contributed by atoms with Gasteiger partial charge in [0.05, 0.1) is 24.1 Å². The lowest BCUT2D eigenvalue weighted by atomic mass is 10.0. The molecule has 0 radical (unpaired) electrons. The molecule has 0 atom stereocenters. The molecule has 7 heteroatoms. The van der Waals surface area contributed by atoms with Gasteiger partial charge < -0.3 is 13.9 Å². The number of methoxy groups -OCH3 is 1. The second-order valence-corrected chi connectivity index (χ2v) is 6.31. The molecule has 0 spiro atoms. The van der Waals surface area contributed by atoms with Crippen molar-refractivity contribution in [3.63, 3.8) is 0 Å². The molecule has 0 saturated carbocycles. The first-order valence-corrected chi connectivity index (χ1v) is 8.47. The summed E-state index contributed by atoms with van der Waals surface area (Å²) in [4.78, 5) is 23.7. The number of halogens is 2. The molecule has 0 fully saturated rings. The van der Waals surface area contributed by atoms with Gasteiger partial charge in [0.2, 0.25) is 0 Å². The smallest absolute Gasteiger partial charge is 0.340 e. The number of rotatable bonds is 5. The molecule has 0 saturated heterocycles. The molecule has 27 heavy (non-hydrogen) atoms. The van der Waals surface area contributed by atoms with E-state index in [1.54, 1.807) is 31.2 Å². The van der Waals surface area contributed by atoms with Crippen LogP contribution in [0.5, 0.6) is 5.75 Å². The van der Waals surface area contributed by atoms with Crippen LogP contribution in [0, 0.1) is 12.7 Å². The lowest BCUT2D eigenvalue weighted by Gasteiger charge is -2.12. The molecule has 0 amide bonds. The molecular weight excluding hydrogens is 375 g/mol. The number of ether oxygens (including phenoxy) is 2. The van der Waals surface area contributed by atoms with E-state index in [0.29, 0.717) is 16.5 Å². The highest BCUT2D eigenvalue weighted by Crippen LogP contribution is 2.32. The highest BCUT2D eigenvalue weighted by Gasteiger charge is 2.17. The van der Waals surface area contributed by atoms with E-state index < -0.39 is 11.6 Å². The van der Waals surface area contributed by atoms with Gasteiger partial charge in [0, 0.05) is 17.0 Å². The van der Waals surface area contributed by atoms with Gasteiger partial charge in [0.15, 0.2) is 0 Å². The Labute approximate surface area is 159 Å². The van der Waals surface area contributed by atoms with E-state index in [1.165, 1.54) is 19.2 Å². The number of fused-ring (bicyclic) bond motifs is 1. The number of carbonyl (C=O) groups is 1. The summed E-state index contributed by atoms with van der Waals surface area (Å²) in [5, 5.41) is 0.858. The molecule has 0 bridgehead atoms. The Balaban J connectivity index is 1.97. The standard InChI is InChI=1S/C20H16ClFO5/c1-11-13-7-15(21)18(26-10-12-5-3-4-6-16(12)22)9-17(13)27-20(24)14(11)8-19(23)25-2/h3-7,9H,8,10H2,1-2H3. The Morgan fingerprint density at radius 2 is 2.00 bits per heavy atom. The number of esters is 1. The summed E-state index contributed by atoms with van der Waals surface area (Å²) in [5.41, 5.74) is 0.797. The van der Waals surface area contributed by atoms with Crippen molar-refractivity contribution in [1.29, 1.82) is 0 Å². The third-order valence-corrected chi connectivity index (χ3v) is 4.52. The molecule has 0 aliphatic carbocycles. The minimum atomic E-state index is -0.632. The van der Waals surface area contributed by atoms with Crippen LogP contribution in [0.15, 0.2) is 45.6 Å². The van der Waals surface area contributed by atoms with Crippen LogP contribution < -0.4 is 10.4 Å². The first-order chi connectivity index (χ1) is 12.9. The fourth-order valence-electron chi connectivity index (χ4n) is 2.69. The zero-order chi connectivity index (χ0) is 19.6. The summed E-state index contributed by atoms with van der Waals surface area (Å²) < 4.78 is 29.2. The van der Waals surface area contributed by atoms with Gasteiger partial charge in [-0.05, 0) is 24.6 Å². The summed E-state index contributed by atoms with van der Waals surface area (Å²) in [6.07, 6.45) is -0.191. The SMILES string of the molecule is COC(=O)Cc1c(C)c2cc(Cl)c(OCc3ccccc3F)cc2oc1=O. The number of hydrogen-bond donors (Lipinski definition) is 0. The third kappa shape index (κ3) is 3.95. The number of carbonyl (C=O) groups excluding carboxylic acids is 1. The van der Waals surface area contributed by atoms with Crippen LogP contribution in [-0.4, -0.2) is 13.1 Å². The van der Waals surface area contributed by atoms with Gasteiger partial charge in [-0.2, -0.15) is 0 Å². The highest BCUT2D eigenvalue weighted by molar-refractivity contribution is 6.32. The van der Waals surface area contributed by atoms with E-state index in [9.17, 15) is 14.0 Å². The summed E-state index contributed by atoms with van der Waals surface area (Å²) in [5.74, 6) is -0.666. The predicted molar refractivity (Wildman–Crippen MR) is 98.7 cm³/mol. The molecule has 3 aromatic rings. The Hall–Kier alpha value is -2.86. The normalized spacial score (nSPS) is 10.8. The van der Waals surface area contributed by atoms with Gasteiger partial charge in [-0.15, -0.1) is 0 Å². The van der Waals surface area contributed by atoms with E-state index in [2.05, 4.69) is 4.74 Å². The third-order valence-electron chi connectivity index (χ3n) is 4.23. The van der Waals surface area contributed by atoms with E-state index in [-0.39, 0.29) is 40.8 Å². The van der Waals surface area contributed by atoms with Gasteiger partial charge in [0.1, 0.15) is 23.8 Å². The lowest BCUT2D eigenvalue weighted by molar-refractivity contribution is -0.139. The first-order valence-electron chi connectivity index (χ1n) is 8.09. The summed E-state index contributed by atoms with van der Waals surface area (Å²) in [7, 11) is 1.25. The van der Waals surface area contributed by atoms with Crippen LogP contribution >= 0.6 is 11.6 Å². The molecule has 1 aromatic heterocycles. The first kappa shape index (κ1) is 18.9. The average Bonchev–Trinajstić information content (AvgIpc) is 2.65. The molecule has 5 nitrogen and oxygen atoms in total. The summed E-state index contributed by atoms with van der Waals surface area (Å²) in [6.45, 7) is 1.68. The summed E-state index contributed by atoms with van der Waals surface area (Å²) >= 11 is 6.28. The second kappa shape index (κ2) is 7.80. The van der Waals surface area contributed by atoms with Crippen molar-refractivity contribution in [1.82, 2.24) is 0 Å². The maximum absolute atomic E-state index is 13.7. The monoisotopic (exact) mass is 390 g/mol. The van der Waals surface area contributed by atoms with Crippen molar-refractivity contribution in [3.05, 3.63) is 74.3 Å². The molecule has 0 aliphatic heterocycles. The zero-order valence-electron chi connectivity index (χ0n) is 14.7. The Kier molecular flexibility index (Phi) is 5.46. The molecule has 0 aliphatic rings. The predicted octanol–water partition coefficient (Wildman–Crippen LogP) is 4.19. The minimum Gasteiger partial charge on any atom is -0.487 e. The zero-order valence-corrected chi connectivity index (χ0v) is 15.4. The van der Waals surface area contributed by atoms with Crippen molar-refractivity contribution in [2.45, 2.75) is 20.0 Å². The second-order valence-electron chi connectivity index (χ2n) is 5.90. The summed E-state index contributed by atoms with van der Waals surface area (Å²) in [6, 6.07) is 9.31. The van der Waals surface area contributed by atoms with E-state index in [4.69, 9.17) is 20.8 Å². The number of aryl methyl sites for hydroxylation is 1. The van der Waals surface area contributed by atoms with Crippen LogP contribution in [0.2, 0.25) is 5.02 Å². The Morgan fingerprint density at radius 3 is 2.70 bits per heavy atom. The molecule has 3 rings (SSSR count). The van der Waals surface area contributed by atoms with E-state index >= 15 is 0 Å². The molecule has 0 unspecified atom stereocenters. The number of benzene rings is 2. The van der Waals surface area contributed by atoms with Gasteiger partial charge in [-0.3, -0.25) is 4.79 Å². The maximum atomic E-state index is 13.7. The highest BCUT2D eigenvalue weighted by atomic mass is 35.5. The largest absolute Gasteiger partial charge is 0.487 e. The molecule has 140 valence electrons. The quantitative estimate of drug-likeness (QED) is 0.483. The fraction of sp³-hybridized carbons (Fsp3) is 0.200. The van der Waals surface area contributed by atoms with Crippen LogP contribution in [0.3, 0.4) is 0 Å². The van der Waals surface area contributed by atoms with Crippen molar-refractivity contribution in [3.8, 4) is 5.75 Å². The van der Waals surface area contributed by atoms with Crippen molar-refractivity contribution in [2.24, 2.45) is 0 Å². The lowest BCUT2D eigenvalue weighted by Crippen LogP contribution is -2.16. The van der Waals surface area contributed by atoms with E-state index in [0.717, 1.165) is 0 Å². The van der Waals surface area contributed by atoms with Crippen LogP contribution in [-0.2, 0) is 22.6 Å². The average molecular weight is 391 g/mol. The van der Waals surface area contributed by atoms with Gasteiger partial charge >= 0.3 is 11.6 Å². The topological polar surface area (TPSA) is 65.7 Å². The molecular formula is C20H16ClFO5. The molecule has 0 N–H and O–H groups in total. The number of hydrogen-bond acceptors (Lipinski definition) is 5. The Bertz CT molecular complexity index is 1070. The molecule has 2 aromatic carbocycles. The van der Waals surface area contributed by atoms with Crippen molar-refractivity contribution in [2.75, 3.05) is 7.11 Å². The molecule has 1 heterocycles. The van der Waals surface area contributed by atoms with Crippen LogP contribution in [0.1, 0.15) is 16.7 Å². The van der Waals surface area contributed by atoms with Crippen molar-refractivity contribution >= 4 is 28.5 Å². The van der Waals surface area contributed by atoms with Gasteiger partial charge in [-0.25, -0.2) is 9.18 Å². The fourth-order valence-corrected chi connectivity index (χ4v) is 2.91. The van der Waals surface area contributed by atoms with Gasteiger partial charge in [-0.1, -0.05) is 29.8 Å². The minimum absolute atomic E-state index is 0.0263. The van der Waals surface area contributed by atoms with Crippen molar-refractivity contribution < 1.29 is 23.1 Å². The Morgan fingerprint density at radius 1 is 1.26 bits per heavy atom. The van der Waals surface area contributed by atoms with E-state index in [1.807, 2.05) is 0 Å². The maximum Gasteiger partial charge on any atom is 0.340 e.